The van der Waals surface area contributed by atoms with Crippen molar-refractivity contribution in [1.82, 2.24) is 21.3 Å². The van der Waals surface area contributed by atoms with E-state index in [0.717, 1.165) is 6.92 Å². The Morgan fingerprint density at radius 2 is 1.39 bits per heavy atom. The minimum Gasteiger partial charge on any atom is -0.481 e. The molecule has 0 aliphatic heterocycles. The van der Waals surface area contributed by atoms with Gasteiger partial charge in [0.1, 0.15) is 24.2 Å². The summed E-state index contributed by atoms with van der Waals surface area (Å²) in [4.78, 5) is 90.2. The highest BCUT2D eigenvalue weighted by atomic mass is 32.1. The number of aliphatic hydroxyl groups excluding tert-OH is 2. The molecule has 7 atom stereocenters. The molecule has 0 fully saturated rings. The molecule has 0 aliphatic carbocycles. The average molecular weight is 673 g/mol. The normalized spacial score (nSPS) is 15.4. The predicted molar refractivity (Wildman–Crippen MR) is 161 cm³/mol. The van der Waals surface area contributed by atoms with Gasteiger partial charge in [-0.2, -0.15) is 18.5 Å². The van der Waals surface area contributed by atoms with E-state index < -0.39 is 103 Å². The molecule has 0 aliphatic rings. The maximum Gasteiger partial charge on any atom is 0.328 e. The molecule has 1 unspecified atom stereocenters. The van der Waals surface area contributed by atoms with Crippen molar-refractivity contribution in [2.45, 2.75) is 80.6 Å². The number of carboxylic acids is 2. The Bertz CT molecular complexity index is 1220. The number of nitrogens with one attached hydrogen (secondary N) is 4. The van der Waals surface area contributed by atoms with Crippen LogP contribution in [0.1, 0.15) is 38.2 Å². The van der Waals surface area contributed by atoms with Gasteiger partial charge >= 0.3 is 17.9 Å². The quantitative estimate of drug-likeness (QED) is 0.0470. The highest BCUT2D eigenvalue weighted by molar-refractivity contribution is 7.81. The Balaban J connectivity index is 3.23. The van der Waals surface area contributed by atoms with Crippen LogP contribution >= 0.6 is 12.6 Å². The molecule has 0 spiro atoms. The number of hydrogen-bond acceptors (Lipinski definition) is 13. The zero-order valence-corrected chi connectivity index (χ0v) is 25.7. The minimum absolute atomic E-state index is 0.0336. The molecule has 0 radical (unpaired) electrons. The second kappa shape index (κ2) is 20.0. The first kappa shape index (κ1) is 39.7. The van der Waals surface area contributed by atoms with Gasteiger partial charge in [-0.1, -0.05) is 30.3 Å². The summed E-state index contributed by atoms with van der Waals surface area (Å²) in [5.41, 5.74) is 6.56. The second-order valence-corrected chi connectivity index (χ2v) is 10.7. The minimum atomic E-state index is -1.77. The zero-order chi connectivity index (χ0) is 35.0. The number of carboxylic acid groups (broad SMARTS) is 2. The van der Waals surface area contributed by atoms with Crippen molar-refractivity contribution in [3.05, 3.63) is 35.9 Å². The van der Waals surface area contributed by atoms with Gasteiger partial charge in [0.2, 0.25) is 23.6 Å². The number of benzene rings is 1. The van der Waals surface area contributed by atoms with E-state index in [1.54, 1.807) is 30.3 Å². The predicted octanol–water partition coefficient (Wildman–Crippen LogP) is -3.69. The molecule has 1 aromatic carbocycles. The van der Waals surface area contributed by atoms with Crippen molar-refractivity contribution < 1.29 is 58.8 Å². The lowest BCUT2D eigenvalue weighted by molar-refractivity contribution is -0.145. The third-order valence-electron chi connectivity index (χ3n) is 6.54. The molecule has 0 saturated carbocycles. The molecule has 0 aromatic heterocycles. The Morgan fingerprint density at radius 1 is 0.826 bits per heavy atom. The molecule has 1 aromatic rings. The van der Waals surface area contributed by atoms with Gasteiger partial charge in [-0.3, -0.25) is 28.8 Å². The lowest BCUT2D eigenvalue weighted by Gasteiger charge is -2.27. The summed E-state index contributed by atoms with van der Waals surface area (Å²) < 4.78 is 0. The van der Waals surface area contributed by atoms with Crippen LogP contribution in [0.15, 0.2) is 30.3 Å². The van der Waals surface area contributed by atoms with Gasteiger partial charge in [-0.05, 0) is 25.3 Å². The number of hydrogen-bond donors (Lipinski definition) is 11. The summed E-state index contributed by atoms with van der Waals surface area (Å²) in [6, 6.07) is 0.921. The molecule has 12 N–H and O–H groups in total. The standard InChI is InChI=1S/C27H40N6O12S/c1-13(35)21(25(41)32-18(12-34)27(43)44)33-23(39)16(8-9-19(36)37)30-24(40)17(11-14-5-3-2-4-6-14)31-26(42)22(46)15(28)7-10-20(38)45-29/h2-6,13,15-18,21-22,34-35,46H,7-12,28-29H2,1H3,(H,30,40)(H,31,42)(H,32,41)(H,33,39)(H,36,37)(H,43,44)/t13-,15+,16+,17+,18+,21+,22?/m1/s1. The number of nitrogens with two attached hydrogens (primary N) is 2. The van der Waals surface area contributed by atoms with Crippen LogP contribution in [0.5, 0.6) is 0 Å². The number of carbonyl (C=O) groups excluding carboxylic acids is 5. The molecule has 18 nitrogen and oxygen atoms in total. The van der Waals surface area contributed by atoms with Gasteiger partial charge in [0.05, 0.1) is 18.0 Å². The van der Waals surface area contributed by atoms with Crippen LogP contribution in [0, 0.1) is 0 Å². The number of aliphatic hydroxyl groups is 2. The Morgan fingerprint density at radius 3 is 1.91 bits per heavy atom. The van der Waals surface area contributed by atoms with Crippen LogP contribution in [-0.4, -0.2) is 110 Å². The summed E-state index contributed by atoms with van der Waals surface area (Å²) in [6.45, 7) is 0.110. The van der Waals surface area contributed by atoms with Crippen molar-refractivity contribution in [2.75, 3.05) is 6.61 Å². The van der Waals surface area contributed by atoms with E-state index in [1.165, 1.54) is 0 Å². The Kier molecular flexibility index (Phi) is 17.2. The third kappa shape index (κ3) is 13.8. The van der Waals surface area contributed by atoms with E-state index in [4.69, 9.17) is 16.7 Å². The molecule has 46 heavy (non-hydrogen) atoms. The lowest BCUT2D eigenvalue weighted by atomic mass is 10.0. The summed E-state index contributed by atoms with van der Waals surface area (Å²) in [5, 5.41) is 45.3. The molecule has 1 rings (SSSR count). The van der Waals surface area contributed by atoms with Gasteiger partial charge < -0.3 is 52.3 Å². The van der Waals surface area contributed by atoms with Gasteiger partial charge in [-0.15, -0.1) is 0 Å². The number of amides is 4. The summed E-state index contributed by atoms with van der Waals surface area (Å²) >= 11 is 4.20. The van der Waals surface area contributed by atoms with Crippen LogP contribution in [0.2, 0.25) is 0 Å². The summed E-state index contributed by atoms with van der Waals surface area (Å²) in [7, 11) is 0. The number of thiol groups is 1. The van der Waals surface area contributed by atoms with Crippen LogP contribution < -0.4 is 32.9 Å². The van der Waals surface area contributed by atoms with Crippen molar-refractivity contribution in [1.29, 1.82) is 0 Å². The van der Waals surface area contributed by atoms with E-state index in [1.807, 2.05) is 5.32 Å². The topological polar surface area (TPSA) is 310 Å². The molecular weight excluding hydrogens is 632 g/mol. The highest BCUT2D eigenvalue weighted by Gasteiger charge is 2.34. The molecule has 19 heteroatoms. The zero-order valence-electron chi connectivity index (χ0n) is 24.8. The van der Waals surface area contributed by atoms with E-state index in [9.17, 15) is 48.9 Å². The van der Waals surface area contributed by atoms with Crippen molar-refractivity contribution in [2.24, 2.45) is 11.6 Å². The highest BCUT2D eigenvalue weighted by Crippen LogP contribution is 2.11. The first-order valence-electron chi connectivity index (χ1n) is 13.9. The summed E-state index contributed by atoms with van der Waals surface area (Å²) in [5.74, 6) is -2.93. The lowest BCUT2D eigenvalue weighted by Crippen LogP contribution is -2.61. The third-order valence-corrected chi connectivity index (χ3v) is 7.16. The van der Waals surface area contributed by atoms with E-state index in [-0.39, 0.29) is 19.3 Å². The number of aliphatic carboxylic acids is 2. The van der Waals surface area contributed by atoms with Crippen LogP contribution in [0.25, 0.3) is 0 Å². The van der Waals surface area contributed by atoms with E-state index in [0.29, 0.717) is 5.56 Å². The van der Waals surface area contributed by atoms with E-state index >= 15 is 0 Å². The van der Waals surface area contributed by atoms with Gasteiger partial charge in [-0.25, -0.2) is 4.79 Å². The van der Waals surface area contributed by atoms with Gasteiger partial charge in [0, 0.05) is 25.3 Å². The molecule has 0 saturated heterocycles. The monoisotopic (exact) mass is 672 g/mol. The van der Waals surface area contributed by atoms with Crippen molar-refractivity contribution in [3.63, 3.8) is 0 Å². The van der Waals surface area contributed by atoms with Crippen molar-refractivity contribution >= 4 is 54.2 Å². The SMILES string of the molecule is C[C@@H](O)[C@H](NC(=O)[C@H](CCC(=O)O)NC(=O)[C@H](Cc1ccccc1)NC(=O)C(S)[C@@H](N)CCC(=O)ON)C(=O)N[C@@H](CO)C(=O)O. The fourth-order valence-electron chi connectivity index (χ4n) is 3.93. The number of rotatable bonds is 20. The fourth-order valence-corrected chi connectivity index (χ4v) is 4.15. The van der Waals surface area contributed by atoms with Crippen LogP contribution in [-0.2, 0) is 44.8 Å². The maximum atomic E-state index is 13.5. The largest absolute Gasteiger partial charge is 0.481 e. The molecule has 0 heterocycles. The molecular formula is C27H40N6O12S. The first-order chi connectivity index (χ1) is 21.6. The molecule has 4 amide bonds. The molecule has 256 valence electrons. The summed E-state index contributed by atoms with van der Waals surface area (Å²) in [6.07, 6.45) is -3.05. The van der Waals surface area contributed by atoms with Crippen LogP contribution in [0.3, 0.4) is 0 Å². The fraction of sp³-hybridized carbons (Fsp3) is 0.519. The molecule has 0 bridgehead atoms. The van der Waals surface area contributed by atoms with Crippen LogP contribution in [0.4, 0.5) is 0 Å². The van der Waals surface area contributed by atoms with Crippen molar-refractivity contribution in [3.8, 4) is 0 Å². The van der Waals surface area contributed by atoms with Gasteiger partial charge in [0.15, 0.2) is 0 Å². The average Bonchev–Trinajstić information content (AvgIpc) is 3.01. The smallest absolute Gasteiger partial charge is 0.328 e. The first-order valence-corrected chi connectivity index (χ1v) is 14.4. The Hall–Kier alpha value is -4.30. The van der Waals surface area contributed by atoms with E-state index in [2.05, 4.69) is 33.4 Å². The number of carbonyl (C=O) groups is 7. The second-order valence-electron chi connectivity index (χ2n) is 10.2. The maximum absolute atomic E-state index is 13.5. The van der Waals surface area contributed by atoms with Gasteiger partial charge in [0.25, 0.3) is 0 Å². The Labute approximate surface area is 269 Å².